The SMILES string of the molecule is CC(=O)N[C@H](C(=O)N1CCC[C@H]1C(=O)NCC(=O)N[C@@H](CCC(N)=O)C(=O)N[C@@H](Cc1ccc([N+](=O)[O-])cc1)C(=O)N[C@@H](CC(=O)O)C(=O)N[C@@H](CC(=O)O)C(=O)N[C@@H](C)C(=O)N[C@@H](CC(=O)O)C(=O)N[C@@H](CCCCNC(=S)Nc1ccc2c(c1)C(=O)OC21c2ccc(O)cc2Oc2cc(O)ccc21)C(N)=O)C(C)C. The molecule has 4 aromatic carbocycles. The Morgan fingerprint density at radius 1 is 0.631 bits per heavy atom. The number of rotatable bonds is 38. The van der Waals surface area contributed by atoms with Crippen molar-refractivity contribution in [3.05, 3.63) is 117 Å². The molecule has 20 N–H and O–H groups in total. The number of hydrogen-bond donors (Lipinski definition) is 18. The number of carbonyl (C=O) groups is 16. The van der Waals surface area contributed by atoms with Crippen molar-refractivity contribution in [1.82, 2.24) is 58.1 Å². The number of nitro benzene ring substituents is 1. The zero-order chi connectivity index (χ0) is 81.9. The third-order valence-electron chi connectivity index (χ3n) is 17.8. The Hall–Kier alpha value is -13.1. The number of thiocarbonyl (C=S) groups is 1. The second kappa shape index (κ2) is 38.1. The van der Waals surface area contributed by atoms with Crippen molar-refractivity contribution in [3.63, 3.8) is 0 Å². The van der Waals surface area contributed by atoms with Gasteiger partial charge in [-0.3, -0.25) is 82.0 Å². The maximum Gasteiger partial charge on any atom is 0.340 e. The van der Waals surface area contributed by atoms with Crippen molar-refractivity contribution in [3.8, 4) is 23.0 Å². The van der Waals surface area contributed by atoms with Gasteiger partial charge in [-0.15, -0.1) is 0 Å². The molecule has 9 atom stereocenters. The largest absolute Gasteiger partial charge is 0.508 e. The summed E-state index contributed by atoms with van der Waals surface area (Å²) in [5, 5.41) is 87.7. The highest BCUT2D eigenvalue weighted by molar-refractivity contribution is 7.80. The van der Waals surface area contributed by atoms with E-state index in [1.54, 1.807) is 38.1 Å². The maximum atomic E-state index is 14.3. The van der Waals surface area contributed by atoms with E-state index < -0.39 is 210 Å². The van der Waals surface area contributed by atoms with Crippen LogP contribution in [0.2, 0.25) is 0 Å². The molecule has 0 unspecified atom stereocenters. The number of amides is 12. The first-order valence-electron chi connectivity index (χ1n) is 34.6. The second-order valence-electron chi connectivity index (χ2n) is 26.5. The van der Waals surface area contributed by atoms with Crippen LogP contribution >= 0.6 is 12.2 Å². The molecule has 0 saturated carbocycles. The van der Waals surface area contributed by atoms with Crippen LogP contribution in [-0.4, -0.2) is 209 Å². The van der Waals surface area contributed by atoms with E-state index in [2.05, 4.69) is 53.2 Å². The summed E-state index contributed by atoms with van der Waals surface area (Å²) in [4.78, 5) is 223. The van der Waals surface area contributed by atoms with E-state index in [-0.39, 0.29) is 83.9 Å². The predicted molar refractivity (Wildman–Crippen MR) is 387 cm³/mol. The van der Waals surface area contributed by atoms with Crippen molar-refractivity contribution < 1.29 is 117 Å². The van der Waals surface area contributed by atoms with Gasteiger partial charge in [-0.05, 0) is 106 Å². The lowest BCUT2D eigenvalue weighted by Gasteiger charge is -2.36. The van der Waals surface area contributed by atoms with E-state index in [0.29, 0.717) is 28.8 Å². The highest BCUT2D eigenvalue weighted by Crippen LogP contribution is 2.57. The first-order chi connectivity index (χ1) is 52.3. The topological polar surface area (TPSA) is 623 Å². The monoisotopic (exact) mass is 1570 g/mol. The number of unbranched alkanes of at least 4 members (excludes halogenated alkanes) is 1. The molecule has 1 fully saturated rings. The van der Waals surface area contributed by atoms with E-state index in [1.807, 2.05) is 5.32 Å². The molecule has 0 aromatic heterocycles. The van der Waals surface area contributed by atoms with E-state index in [0.717, 1.165) is 31.2 Å². The Balaban J connectivity index is 0.948. The standard InChI is InChI=1S/C70H83N15O25S/c1-32(2)58(76-34(4)86)67(105)84-23-7-9-50(84)66(104)74-31-54(90)78-45(20-21-53(71)89)61(99)81-46(24-35-10-13-37(14-11-35)85(107)108)63(101)83-49(30-57(95)96)65(103)82-47(28-55(91)92)62(100)75-33(3)60(98)80-48(29-56(93)94)64(102)79-44(59(72)97)8-5-6-22-73-69(111)77-36-12-17-41-40(25-36)68(106)110-70(41)42-18-15-38(87)26-51(42)109-52-27-39(88)16-19-43(52)70/h10-19,25-27,32-33,44-50,58,87-88H,5-9,20-24,28-31H2,1-4H3,(H2,71,89)(H2,72,97)(H,74,104)(H,75,100)(H,76,86)(H,78,90)(H,79,102)(H,80,98)(H,81,99)(H,82,103)(H,83,101)(H,91,92)(H,93,94)(H,95,96)(H2,73,77,111)/t33-,44-,45-,46-,47-,48-,49-,50-,58-/m0/s1. The normalized spacial score (nSPS) is 15.6. The Morgan fingerprint density at radius 2 is 1.15 bits per heavy atom. The molecule has 0 aliphatic carbocycles. The predicted octanol–water partition coefficient (Wildman–Crippen LogP) is -1.87. The van der Waals surface area contributed by atoms with Gasteiger partial charge < -0.3 is 110 Å². The molecule has 12 amide bonds. The van der Waals surface area contributed by atoms with Crippen LogP contribution in [0.25, 0.3) is 0 Å². The van der Waals surface area contributed by atoms with Gasteiger partial charge in [-0.1, -0.05) is 32.0 Å². The van der Waals surface area contributed by atoms with E-state index in [1.165, 1.54) is 42.2 Å². The number of ether oxygens (including phenoxy) is 2. The molecule has 40 nitrogen and oxygen atoms in total. The number of carboxylic acids is 3. The van der Waals surface area contributed by atoms with Crippen LogP contribution in [0.15, 0.2) is 78.9 Å². The minimum absolute atomic E-state index is 0.0820. The number of primary amides is 2. The highest BCUT2D eigenvalue weighted by Gasteiger charge is 2.54. The van der Waals surface area contributed by atoms with Crippen LogP contribution in [0, 0.1) is 16.0 Å². The van der Waals surface area contributed by atoms with Gasteiger partial charge in [0.15, 0.2) is 10.7 Å². The van der Waals surface area contributed by atoms with Gasteiger partial charge in [0.25, 0.3) is 5.69 Å². The lowest BCUT2D eigenvalue weighted by atomic mass is 9.77. The second-order valence-corrected chi connectivity index (χ2v) is 26.9. The summed E-state index contributed by atoms with van der Waals surface area (Å²) < 4.78 is 12.1. The summed E-state index contributed by atoms with van der Waals surface area (Å²) in [7, 11) is 0. The summed E-state index contributed by atoms with van der Waals surface area (Å²) in [5.74, 6) is -19.2. The van der Waals surface area contributed by atoms with Gasteiger partial charge in [0.1, 0.15) is 77.4 Å². The molecule has 3 aliphatic heterocycles. The smallest absolute Gasteiger partial charge is 0.340 e. The minimum Gasteiger partial charge on any atom is -0.508 e. The fraction of sp³-hybridized carbons (Fsp3) is 0.414. The van der Waals surface area contributed by atoms with Gasteiger partial charge in [0.2, 0.25) is 70.9 Å². The number of nitrogens with zero attached hydrogens (tertiary/aromatic N) is 2. The van der Waals surface area contributed by atoms with Crippen LogP contribution in [0.3, 0.4) is 0 Å². The van der Waals surface area contributed by atoms with Crippen LogP contribution in [0.5, 0.6) is 23.0 Å². The number of nitrogens with one attached hydrogen (secondary N) is 11. The maximum absolute atomic E-state index is 14.3. The molecule has 41 heteroatoms. The zero-order valence-corrected chi connectivity index (χ0v) is 60.9. The highest BCUT2D eigenvalue weighted by atomic mass is 32.1. The zero-order valence-electron chi connectivity index (χ0n) is 60.0. The Morgan fingerprint density at radius 3 is 1.68 bits per heavy atom. The molecular formula is C70H83N15O25S. The molecule has 0 radical (unpaired) electrons. The van der Waals surface area contributed by atoms with Crippen LogP contribution < -0.4 is 74.7 Å². The van der Waals surface area contributed by atoms with Crippen LogP contribution in [0.1, 0.15) is 125 Å². The van der Waals surface area contributed by atoms with Crippen molar-refractivity contribution >= 4 is 123 Å². The molecule has 111 heavy (non-hydrogen) atoms. The Kier molecular flexibility index (Phi) is 29.2. The quantitative estimate of drug-likeness (QED) is 0.00768. The fourth-order valence-corrected chi connectivity index (χ4v) is 12.6. The number of likely N-dealkylation sites (tertiary alicyclic amines) is 1. The number of nitrogens with two attached hydrogens (primary N) is 2. The van der Waals surface area contributed by atoms with Gasteiger partial charge in [0.05, 0.1) is 36.3 Å². The van der Waals surface area contributed by atoms with Crippen LogP contribution in [0.4, 0.5) is 11.4 Å². The van der Waals surface area contributed by atoms with Crippen molar-refractivity contribution in [2.45, 2.75) is 158 Å². The Labute approximate surface area is 636 Å². The number of carbonyl (C=O) groups excluding carboxylic acids is 13. The Bertz CT molecular complexity index is 4300. The van der Waals surface area contributed by atoms with Crippen molar-refractivity contribution in [2.24, 2.45) is 17.4 Å². The van der Waals surface area contributed by atoms with E-state index in [9.17, 15) is 112 Å². The number of non-ortho nitro benzene ring substituents is 1. The number of anilines is 1. The third kappa shape index (κ3) is 23.0. The molecule has 0 bridgehead atoms. The number of fused-ring (bicyclic) bond motifs is 6. The first-order valence-corrected chi connectivity index (χ1v) is 35.0. The number of aliphatic carboxylic acids is 3. The van der Waals surface area contributed by atoms with Gasteiger partial charge in [-0.2, -0.15) is 0 Å². The first kappa shape index (κ1) is 85.1. The van der Waals surface area contributed by atoms with Crippen molar-refractivity contribution in [1.29, 1.82) is 0 Å². The number of hydrogen-bond acceptors (Lipinski definition) is 23. The molecule has 1 saturated heterocycles. The lowest BCUT2D eigenvalue weighted by Crippen LogP contribution is -2.60. The molecule has 1 spiro atoms. The molecule has 3 heterocycles. The number of benzene rings is 4. The van der Waals surface area contributed by atoms with Crippen molar-refractivity contribution in [2.75, 3.05) is 25.0 Å². The summed E-state index contributed by atoms with van der Waals surface area (Å²) in [5.41, 5.74) is 10.9. The third-order valence-corrected chi connectivity index (χ3v) is 18.0. The number of aromatic hydroxyl groups is 2. The molecule has 3 aliphatic rings. The molecule has 7 rings (SSSR count). The summed E-state index contributed by atoms with van der Waals surface area (Å²) in [6.45, 7) is 5.07. The summed E-state index contributed by atoms with van der Waals surface area (Å²) >= 11 is 5.49. The molecule has 4 aromatic rings. The fourth-order valence-electron chi connectivity index (χ4n) is 12.3. The van der Waals surface area contributed by atoms with E-state index in [4.69, 9.17) is 33.2 Å². The number of nitro groups is 1. The summed E-state index contributed by atoms with van der Waals surface area (Å²) in [6, 6.07) is 2.37. The lowest BCUT2D eigenvalue weighted by molar-refractivity contribution is -0.384. The van der Waals surface area contributed by atoms with Gasteiger partial charge in [0, 0.05) is 79.5 Å². The minimum atomic E-state index is -2.26. The number of phenols is 2. The average molecular weight is 1570 g/mol. The van der Waals surface area contributed by atoms with E-state index >= 15 is 0 Å². The number of esters is 1. The van der Waals surface area contributed by atoms with Gasteiger partial charge >= 0.3 is 23.9 Å². The van der Waals surface area contributed by atoms with Gasteiger partial charge in [-0.25, -0.2) is 4.79 Å². The summed E-state index contributed by atoms with van der Waals surface area (Å²) in [6.07, 6.45) is -4.58. The molecular weight excluding hydrogens is 1480 g/mol. The molecule has 594 valence electrons. The number of phenolic OH excluding ortho intramolecular Hbond substituents is 2. The van der Waals surface area contributed by atoms with Crippen LogP contribution in [-0.2, 0) is 88.7 Å². The average Bonchev–Trinajstić information content (AvgIpc) is 1.59. The number of carboxylic acid groups (broad SMARTS) is 3.